The van der Waals surface area contributed by atoms with Crippen molar-refractivity contribution in [2.24, 2.45) is 0 Å². The number of nitrogens with zero attached hydrogens (tertiary/aromatic N) is 3. The summed E-state index contributed by atoms with van der Waals surface area (Å²) in [6.07, 6.45) is -3.32. The zero-order chi connectivity index (χ0) is 19.4. The number of urea groups is 1. The number of allylic oxidation sites excluding steroid dienone is 1. The Labute approximate surface area is 155 Å². The summed E-state index contributed by atoms with van der Waals surface area (Å²) in [5, 5.41) is 9.51. The van der Waals surface area contributed by atoms with Crippen LogP contribution in [0.25, 0.3) is 5.57 Å². The number of likely N-dealkylation sites (tertiary alicyclic amines) is 1. The van der Waals surface area contributed by atoms with Crippen LogP contribution in [-0.4, -0.2) is 55.2 Å². The lowest BCUT2D eigenvalue weighted by molar-refractivity contribution is -0.137. The molecule has 0 aliphatic carbocycles. The number of benzene rings is 1. The van der Waals surface area contributed by atoms with Crippen molar-refractivity contribution in [2.45, 2.75) is 19.0 Å². The van der Waals surface area contributed by atoms with E-state index in [2.05, 4.69) is 6.07 Å². The molecular formula is C19H20F3N3O2. The lowest BCUT2D eigenvalue weighted by Gasteiger charge is -2.35. The van der Waals surface area contributed by atoms with Crippen LogP contribution in [-0.2, 0) is 10.9 Å². The monoisotopic (exact) mass is 379 g/mol. The van der Waals surface area contributed by atoms with E-state index >= 15 is 0 Å². The summed E-state index contributed by atoms with van der Waals surface area (Å²) < 4.78 is 43.4. The molecule has 2 amide bonds. The predicted molar refractivity (Wildman–Crippen MR) is 92.6 cm³/mol. The first kappa shape index (κ1) is 19.2. The van der Waals surface area contributed by atoms with Crippen molar-refractivity contribution in [3.63, 3.8) is 0 Å². The first-order chi connectivity index (χ1) is 12.9. The van der Waals surface area contributed by atoms with E-state index in [-0.39, 0.29) is 6.03 Å². The van der Waals surface area contributed by atoms with Crippen LogP contribution in [0.5, 0.6) is 0 Å². The van der Waals surface area contributed by atoms with Gasteiger partial charge in [-0.15, -0.1) is 0 Å². The summed E-state index contributed by atoms with van der Waals surface area (Å²) >= 11 is 0. The number of piperidine rings is 1. The third kappa shape index (κ3) is 4.42. The van der Waals surface area contributed by atoms with Crippen molar-refractivity contribution < 1.29 is 22.7 Å². The van der Waals surface area contributed by atoms with Gasteiger partial charge in [0.05, 0.1) is 30.4 Å². The van der Waals surface area contributed by atoms with Crippen molar-refractivity contribution in [1.82, 2.24) is 9.80 Å². The Morgan fingerprint density at radius 1 is 1.00 bits per heavy atom. The molecule has 0 N–H and O–H groups in total. The largest absolute Gasteiger partial charge is 0.416 e. The average Bonchev–Trinajstić information content (AvgIpc) is 2.69. The molecule has 144 valence electrons. The van der Waals surface area contributed by atoms with Gasteiger partial charge in [-0.25, -0.2) is 4.79 Å². The van der Waals surface area contributed by atoms with Crippen LogP contribution >= 0.6 is 0 Å². The van der Waals surface area contributed by atoms with Gasteiger partial charge < -0.3 is 14.5 Å². The SMILES string of the molecule is N#CC(=C1CCN(C(=O)N2CCOCC2)CC1)c1ccc(C(F)(F)F)cc1. The molecule has 2 aliphatic rings. The molecule has 0 saturated carbocycles. The van der Waals surface area contributed by atoms with Gasteiger partial charge in [-0.05, 0) is 36.1 Å². The lowest BCUT2D eigenvalue weighted by Crippen LogP contribution is -2.49. The van der Waals surface area contributed by atoms with Gasteiger partial charge in [-0.2, -0.15) is 18.4 Å². The first-order valence-electron chi connectivity index (χ1n) is 8.81. The molecule has 0 bridgehead atoms. The highest BCUT2D eigenvalue weighted by Gasteiger charge is 2.30. The molecule has 1 aromatic rings. The second kappa shape index (κ2) is 8.01. The van der Waals surface area contributed by atoms with Crippen molar-refractivity contribution in [2.75, 3.05) is 39.4 Å². The number of amides is 2. The van der Waals surface area contributed by atoms with E-state index in [4.69, 9.17) is 4.74 Å². The van der Waals surface area contributed by atoms with Gasteiger partial charge in [-0.1, -0.05) is 12.1 Å². The maximum atomic E-state index is 12.7. The van der Waals surface area contributed by atoms with E-state index in [0.717, 1.165) is 17.7 Å². The Hall–Kier alpha value is -2.53. The number of rotatable bonds is 1. The topological polar surface area (TPSA) is 56.6 Å². The van der Waals surface area contributed by atoms with Gasteiger partial charge in [0.1, 0.15) is 0 Å². The fourth-order valence-electron chi connectivity index (χ4n) is 3.35. The fourth-order valence-corrected chi connectivity index (χ4v) is 3.35. The molecule has 0 radical (unpaired) electrons. The quantitative estimate of drug-likeness (QED) is 0.702. The van der Waals surface area contributed by atoms with Crippen LogP contribution in [0.1, 0.15) is 24.0 Å². The van der Waals surface area contributed by atoms with Gasteiger partial charge in [0.2, 0.25) is 0 Å². The summed E-state index contributed by atoms with van der Waals surface area (Å²) in [5.41, 5.74) is 1.03. The van der Waals surface area contributed by atoms with Gasteiger partial charge in [-0.3, -0.25) is 0 Å². The first-order valence-corrected chi connectivity index (χ1v) is 8.81. The van der Waals surface area contributed by atoms with Crippen LogP contribution in [0, 0.1) is 11.3 Å². The molecule has 2 saturated heterocycles. The molecule has 0 unspecified atom stereocenters. The Balaban J connectivity index is 1.69. The summed E-state index contributed by atoms with van der Waals surface area (Å²) in [6.45, 7) is 3.23. The van der Waals surface area contributed by atoms with Crippen molar-refractivity contribution in [3.8, 4) is 6.07 Å². The normalized spacial score (nSPS) is 18.2. The zero-order valence-corrected chi connectivity index (χ0v) is 14.8. The highest BCUT2D eigenvalue weighted by atomic mass is 19.4. The molecular weight excluding hydrogens is 359 g/mol. The number of ether oxygens (including phenoxy) is 1. The third-order valence-corrected chi connectivity index (χ3v) is 4.89. The number of alkyl halides is 3. The van der Waals surface area contributed by atoms with Crippen LogP contribution in [0.2, 0.25) is 0 Å². The van der Waals surface area contributed by atoms with E-state index in [1.165, 1.54) is 12.1 Å². The minimum Gasteiger partial charge on any atom is -0.378 e. The summed E-state index contributed by atoms with van der Waals surface area (Å²) in [6, 6.07) is 6.75. The van der Waals surface area contributed by atoms with E-state index in [1.54, 1.807) is 9.80 Å². The highest BCUT2D eigenvalue weighted by molar-refractivity contribution is 5.80. The van der Waals surface area contributed by atoms with Gasteiger partial charge >= 0.3 is 12.2 Å². The molecule has 27 heavy (non-hydrogen) atoms. The Morgan fingerprint density at radius 3 is 2.07 bits per heavy atom. The van der Waals surface area contributed by atoms with Gasteiger partial charge in [0.25, 0.3) is 0 Å². The van der Waals surface area contributed by atoms with E-state index < -0.39 is 11.7 Å². The number of hydrogen-bond donors (Lipinski definition) is 0. The van der Waals surface area contributed by atoms with Crippen molar-refractivity contribution in [3.05, 3.63) is 41.0 Å². The van der Waals surface area contributed by atoms with E-state index in [0.29, 0.717) is 63.4 Å². The molecule has 0 atom stereocenters. The zero-order valence-electron chi connectivity index (χ0n) is 14.8. The predicted octanol–water partition coefficient (Wildman–Crippen LogP) is 3.53. The molecule has 2 heterocycles. The second-order valence-electron chi connectivity index (χ2n) is 6.53. The second-order valence-corrected chi connectivity index (χ2v) is 6.53. The summed E-state index contributed by atoms with van der Waals surface area (Å²) in [5.74, 6) is 0. The number of nitriles is 1. The van der Waals surface area contributed by atoms with Crippen LogP contribution in [0.3, 0.4) is 0 Å². The lowest BCUT2D eigenvalue weighted by atomic mass is 9.93. The number of morpholine rings is 1. The Bertz CT molecular complexity index is 750. The number of halogens is 3. The Morgan fingerprint density at radius 2 is 1.56 bits per heavy atom. The van der Waals surface area contributed by atoms with Gasteiger partial charge in [0, 0.05) is 26.2 Å². The molecule has 0 spiro atoms. The molecule has 3 rings (SSSR count). The minimum atomic E-state index is -4.40. The maximum Gasteiger partial charge on any atom is 0.416 e. The summed E-state index contributed by atoms with van der Waals surface area (Å²) in [7, 11) is 0. The molecule has 8 heteroatoms. The molecule has 1 aromatic carbocycles. The van der Waals surface area contributed by atoms with Crippen molar-refractivity contribution in [1.29, 1.82) is 5.26 Å². The highest BCUT2D eigenvalue weighted by Crippen LogP contribution is 2.32. The third-order valence-electron chi connectivity index (χ3n) is 4.89. The molecule has 0 aromatic heterocycles. The molecule has 5 nitrogen and oxygen atoms in total. The van der Waals surface area contributed by atoms with Crippen LogP contribution in [0.15, 0.2) is 29.8 Å². The van der Waals surface area contributed by atoms with Crippen molar-refractivity contribution >= 4 is 11.6 Å². The van der Waals surface area contributed by atoms with Crippen LogP contribution < -0.4 is 0 Å². The van der Waals surface area contributed by atoms with Gasteiger partial charge in [0.15, 0.2) is 0 Å². The van der Waals surface area contributed by atoms with E-state index in [9.17, 15) is 23.2 Å². The number of hydrogen-bond acceptors (Lipinski definition) is 3. The fraction of sp³-hybridized carbons (Fsp3) is 0.474. The number of carbonyl (C=O) groups excluding carboxylic acids is 1. The van der Waals surface area contributed by atoms with Crippen LogP contribution in [0.4, 0.5) is 18.0 Å². The Kier molecular flexibility index (Phi) is 5.71. The average molecular weight is 379 g/mol. The standard InChI is InChI=1S/C19H20F3N3O2/c20-19(21,22)16-3-1-14(2-4-16)17(13-23)15-5-7-24(8-6-15)18(26)25-9-11-27-12-10-25/h1-4H,5-12H2. The molecule has 2 fully saturated rings. The molecule has 2 aliphatic heterocycles. The smallest absolute Gasteiger partial charge is 0.378 e. The number of carbonyl (C=O) groups is 1. The minimum absolute atomic E-state index is 0.0228. The summed E-state index contributed by atoms with van der Waals surface area (Å²) in [4.78, 5) is 16.0. The maximum absolute atomic E-state index is 12.7. The van der Waals surface area contributed by atoms with E-state index in [1.807, 2.05) is 0 Å².